The number of hydrogen-bond donors (Lipinski definition) is 2. The highest BCUT2D eigenvalue weighted by Gasteiger charge is 2.61. The highest BCUT2D eigenvalue weighted by atomic mass is 16.5. The van der Waals surface area contributed by atoms with Crippen LogP contribution in [0.25, 0.3) is 0 Å². The van der Waals surface area contributed by atoms with Gasteiger partial charge >= 0.3 is 11.9 Å². The van der Waals surface area contributed by atoms with Crippen LogP contribution in [0, 0.1) is 5.92 Å². The number of rotatable bonds is 2. The van der Waals surface area contributed by atoms with Gasteiger partial charge in [0, 0.05) is 11.8 Å². The number of ether oxygens (including phenoxy) is 1. The zero-order valence-electron chi connectivity index (χ0n) is 10.5. The van der Waals surface area contributed by atoms with Crippen LogP contribution in [0.5, 0.6) is 0 Å². The van der Waals surface area contributed by atoms with Crippen LogP contribution in [0.2, 0.25) is 0 Å². The lowest BCUT2D eigenvalue weighted by Gasteiger charge is -2.21. The molecular weight excluding hydrogens is 246 g/mol. The molecule has 2 aliphatic heterocycles. The lowest BCUT2D eigenvalue weighted by molar-refractivity contribution is -0.144. The van der Waals surface area contributed by atoms with Crippen molar-refractivity contribution >= 4 is 11.9 Å². The number of carbonyl (C=O) groups is 2. The number of aliphatic carboxylic acids is 1. The normalized spacial score (nSPS) is 36.9. The zero-order chi connectivity index (χ0) is 13.6. The van der Waals surface area contributed by atoms with Crippen molar-refractivity contribution < 1.29 is 19.4 Å². The maximum absolute atomic E-state index is 11.8. The molecule has 0 bridgehead atoms. The largest absolute Gasteiger partial charge is 0.480 e. The molecule has 0 aliphatic carbocycles. The Kier molecular flexibility index (Phi) is 2.60. The maximum atomic E-state index is 11.8. The Hall–Kier alpha value is -1.88. The molecular formula is C14H15NO4. The summed E-state index contributed by atoms with van der Waals surface area (Å²) in [6.07, 6.45) is 0. The van der Waals surface area contributed by atoms with Crippen LogP contribution in [-0.2, 0) is 14.3 Å². The molecule has 0 spiro atoms. The van der Waals surface area contributed by atoms with E-state index in [9.17, 15) is 14.7 Å². The summed E-state index contributed by atoms with van der Waals surface area (Å²) in [5, 5.41) is 12.3. The van der Waals surface area contributed by atoms with Crippen molar-refractivity contribution in [1.82, 2.24) is 5.32 Å². The Morgan fingerprint density at radius 3 is 2.74 bits per heavy atom. The molecule has 0 unspecified atom stereocenters. The van der Waals surface area contributed by atoms with Gasteiger partial charge in [0.25, 0.3) is 0 Å². The Morgan fingerprint density at radius 2 is 2.11 bits per heavy atom. The summed E-state index contributed by atoms with van der Waals surface area (Å²) < 4.78 is 5.11. The molecule has 2 heterocycles. The van der Waals surface area contributed by atoms with Crippen LogP contribution in [0.3, 0.4) is 0 Å². The predicted molar refractivity (Wildman–Crippen MR) is 66.6 cm³/mol. The van der Waals surface area contributed by atoms with E-state index < -0.39 is 17.6 Å². The van der Waals surface area contributed by atoms with E-state index in [2.05, 4.69) is 5.32 Å². The first kappa shape index (κ1) is 12.2. The fourth-order valence-corrected chi connectivity index (χ4v) is 3.22. The smallest absolute Gasteiger partial charge is 0.326 e. The van der Waals surface area contributed by atoms with Gasteiger partial charge in [0.1, 0.15) is 11.6 Å². The number of fused-ring (bicyclic) bond motifs is 1. The number of hydrogen-bond acceptors (Lipinski definition) is 4. The number of carboxylic acids is 1. The summed E-state index contributed by atoms with van der Waals surface area (Å²) >= 11 is 0. The van der Waals surface area contributed by atoms with E-state index >= 15 is 0 Å². The molecule has 5 nitrogen and oxygen atoms in total. The van der Waals surface area contributed by atoms with Crippen molar-refractivity contribution in [3.05, 3.63) is 35.9 Å². The van der Waals surface area contributed by atoms with Gasteiger partial charge in [-0.15, -0.1) is 0 Å². The molecule has 0 amide bonds. The molecule has 0 aromatic heterocycles. The minimum absolute atomic E-state index is 0.150. The van der Waals surface area contributed by atoms with Crippen LogP contribution < -0.4 is 5.32 Å². The van der Waals surface area contributed by atoms with Crippen LogP contribution in [0.15, 0.2) is 30.3 Å². The summed E-state index contributed by atoms with van der Waals surface area (Å²) in [6, 6.07) is 8.68. The van der Waals surface area contributed by atoms with E-state index in [4.69, 9.17) is 4.74 Å². The Labute approximate surface area is 110 Å². The summed E-state index contributed by atoms with van der Waals surface area (Å²) in [6.45, 7) is 2.00. The van der Waals surface area contributed by atoms with Gasteiger partial charge in [0.05, 0.1) is 6.61 Å². The molecule has 3 rings (SSSR count). The van der Waals surface area contributed by atoms with E-state index in [0.29, 0.717) is 0 Å². The summed E-state index contributed by atoms with van der Waals surface area (Å²) in [4.78, 5) is 23.3. The molecule has 2 N–H and O–H groups in total. The third-order valence-electron chi connectivity index (χ3n) is 4.26. The van der Waals surface area contributed by atoms with Gasteiger partial charge in [0.2, 0.25) is 0 Å². The fourth-order valence-electron chi connectivity index (χ4n) is 3.22. The third kappa shape index (κ3) is 1.65. The quantitative estimate of drug-likeness (QED) is 0.769. The lowest BCUT2D eigenvalue weighted by Crippen LogP contribution is -2.49. The lowest BCUT2D eigenvalue weighted by atomic mass is 9.78. The summed E-state index contributed by atoms with van der Waals surface area (Å²) in [7, 11) is 0. The van der Waals surface area contributed by atoms with Crippen molar-refractivity contribution in [3.63, 3.8) is 0 Å². The van der Waals surface area contributed by atoms with Crippen LogP contribution in [-0.4, -0.2) is 35.2 Å². The fraction of sp³-hybridized carbons (Fsp3) is 0.429. The second-order valence-corrected chi connectivity index (χ2v) is 5.30. The number of esters is 1. The van der Waals surface area contributed by atoms with Crippen molar-refractivity contribution in [2.24, 2.45) is 5.92 Å². The first-order valence-electron chi connectivity index (χ1n) is 6.26. The van der Waals surface area contributed by atoms with Gasteiger partial charge in [-0.2, -0.15) is 0 Å². The second-order valence-electron chi connectivity index (χ2n) is 5.30. The zero-order valence-corrected chi connectivity index (χ0v) is 10.5. The first-order chi connectivity index (χ1) is 9.04. The van der Waals surface area contributed by atoms with Crippen molar-refractivity contribution in [3.8, 4) is 0 Å². The number of benzene rings is 1. The third-order valence-corrected chi connectivity index (χ3v) is 4.26. The average Bonchev–Trinajstić information content (AvgIpc) is 2.85. The minimum Gasteiger partial charge on any atom is -0.480 e. The number of cyclic esters (lactones) is 1. The number of carboxylic acid groups (broad SMARTS) is 1. The van der Waals surface area contributed by atoms with E-state index in [1.165, 1.54) is 0 Å². The molecule has 100 valence electrons. The maximum Gasteiger partial charge on any atom is 0.326 e. The SMILES string of the molecule is C[C@@]12N[C@H](C(=O)O)[C@@H](c3ccccc3)[C@@H]1COC2=O. The minimum atomic E-state index is -0.933. The molecule has 2 saturated heterocycles. The van der Waals surface area contributed by atoms with Gasteiger partial charge < -0.3 is 9.84 Å². The highest BCUT2D eigenvalue weighted by molar-refractivity contribution is 5.87. The summed E-state index contributed by atoms with van der Waals surface area (Å²) in [5.74, 6) is -1.70. The average molecular weight is 261 g/mol. The molecule has 5 heteroatoms. The Morgan fingerprint density at radius 1 is 1.42 bits per heavy atom. The standard InChI is InChI=1S/C14H15NO4/c1-14-9(7-19-13(14)18)10(11(15-14)12(16)17)8-5-3-2-4-6-8/h2-6,9-11,15H,7H2,1H3,(H,16,17)/t9-,10-,11-,14+/m0/s1. The van der Waals surface area contributed by atoms with Gasteiger partial charge in [-0.1, -0.05) is 30.3 Å². The molecule has 1 aromatic rings. The van der Waals surface area contributed by atoms with Crippen LogP contribution in [0.1, 0.15) is 18.4 Å². The van der Waals surface area contributed by atoms with E-state index in [-0.39, 0.29) is 24.4 Å². The molecule has 4 atom stereocenters. The summed E-state index contributed by atoms with van der Waals surface area (Å²) in [5.41, 5.74) is 0.0262. The Balaban J connectivity index is 2.05. The number of carbonyl (C=O) groups excluding carboxylic acids is 1. The molecule has 2 aliphatic rings. The second kappa shape index (κ2) is 4.06. The van der Waals surface area contributed by atoms with Crippen molar-refractivity contribution in [2.45, 2.75) is 24.4 Å². The van der Waals surface area contributed by atoms with Gasteiger partial charge in [0.15, 0.2) is 0 Å². The van der Waals surface area contributed by atoms with Gasteiger partial charge in [-0.25, -0.2) is 0 Å². The van der Waals surface area contributed by atoms with Crippen molar-refractivity contribution in [1.29, 1.82) is 0 Å². The van der Waals surface area contributed by atoms with Crippen LogP contribution >= 0.6 is 0 Å². The number of nitrogens with one attached hydrogen (secondary N) is 1. The monoisotopic (exact) mass is 261 g/mol. The van der Waals surface area contributed by atoms with E-state index in [0.717, 1.165) is 5.56 Å². The molecule has 0 radical (unpaired) electrons. The molecule has 2 fully saturated rings. The highest BCUT2D eigenvalue weighted by Crippen LogP contribution is 2.46. The van der Waals surface area contributed by atoms with E-state index in [1.54, 1.807) is 6.92 Å². The predicted octanol–water partition coefficient (Wildman–Crippen LogP) is 0.758. The topological polar surface area (TPSA) is 75.6 Å². The molecule has 0 saturated carbocycles. The van der Waals surface area contributed by atoms with Crippen LogP contribution in [0.4, 0.5) is 0 Å². The van der Waals surface area contributed by atoms with Gasteiger partial charge in [-0.3, -0.25) is 14.9 Å². The van der Waals surface area contributed by atoms with Gasteiger partial charge in [-0.05, 0) is 12.5 Å². The van der Waals surface area contributed by atoms with Crippen molar-refractivity contribution in [2.75, 3.05) is 6.61 Å². The molecule has 1 aromatic carbocycles. The first-order valence-corrected chi connectivity index (χ1v) is 6.26. The van der Waals surface area contributed by atoms with E-state index in [1.807, 2.05) is 30.3 Å². The Bertz CT molecular complexity index is 530. The molecule has 19 heavy (non-hydrogen) atoms.